The molecule has 0 N–H and O–H groups in total. The number of nitrogens with zero attached hydrogens (tertiary/aromatic N) is 3. The number of carbonyl (C=O) groups is 1. The van der Waals surface area contributed by atoms with Gasteiger partial charge in [0.15, 0.2) is 6.10 Å². The van der Waals surface area contributed by atoms with E-state index >= 15 is 0 Å². The molecule has 0 radical (unpaired) electrons. The van der Waals surface area contributed by atoms with E-state index in [1.54, 1.807) is 11.2 Å². The van der Waals surface area contributed by atoms with Crippen LogP contribution in [0, 0.1) is 0 Å². The van der Waals surface area contributed by atoms with Gasteiger partial charge in [0.25, 0.3) is 0 Å². The highest BCUT2D eigenvalue weighted by molar-refractivity contribution is 5.76. The van der Waals surface area contributed by atoms with E-state index in [4.69, 9.17) is 13.6 Å². The zero-order chi connectivity index (χ0) is 16.2. The second-order valence-corrected chi connectivity index (χ2v) is 5.91. The van der Waals surface area contributed by atoms with Crippen LogP contribution >= 0.6 is 0 Å². The zero-order valence-corrected chi connectivity index (χ0v) is 13.4. The smallest absolute Gasteiger partial charge is 0.247 e. The Bertz CT molecular complexity index is 636. The van der Waals surface area contributed by atoms with Crippen molar-refractivity contribution in [3.8, 4) is 0 Å². The van der Waals surface area contributed by atoms with Gasteiger partial charge in [-0.15, -0.1) is 10.2 Å². The van der Waals surface area contributed by atoms with Crippen LogP contribution in [0.4, 0.5) is 0 Å². The summed E-state index contributed by atoms with van der Waals surface area (Å²) in [5.41, 5.74) is 0. The predicted molar refractivity (Wildman–Crippen MR) is 80.7 cm³/mol. The lowest BCUT2D eigenvalue weighted by molar-refractivity contribution is -0.139. The first kappa shape index (κ1) is 15.7. The lowest BCUT2D eigenvalue weighted by Crippen LogP contribution is -2.42. The summed E-state index contributed by atoms with van der Waals surface area (Å²) >= 11 is 0. The van der Waals surface area contributed by atoms with E-state index in [0.717, 1.165) is 5.76 Å². The molecular weight excluding hydrogens is 298 g/mol. The lowest BCUT2D eigenvalue weighted by Gasteiger charge is -2.31. The van der Waals surface area contributed by atoms with Crippen molar-refractivity contribution >= 4 is 5.91 Å². The van der Waals surface area contributed by atoms with Gasteiger partial charge in [0.1, 0.15) is 5.76 Å². The number of rotatable bonds is 5. The first-order valence-corrected chi connectivity index (χ1v) is 7.88. The number of furan rings is 1. The fourth-order valence-corrected chi connectivity index (χ4v) is 2.48. The average Bonchev–Trinajstić information content (AvgIpc) is 3.24. The zero-order valence-electron chi connectivity index (χ0n) is 13.4. The SMILES string of the molecule is CC(C)c1nnc(C2CN(C(=O)CCc3ccco3)CCO2)o1. The summed E-state index contributed by atoms with van der Waals surface area (Å²) in [6, 6.07) is 3.70. The Labute approximate surface area is 134 Å². The van der Waals surface area contributed by atoms with Crippen molar-refractivity contribution in [2.75, 3.05) is 19.7 Å². The molecule has 1 saturated heterocycles. The Morgan fingerprint density at radius 2 is 2.30 bits per heavy atom. The van der Waals surface area contributed by atoms with E-state index in [0.29, 0.717) is 44.3 Å². The van der Waals surface area contributed by atoms with Crippen LogP contribution in [0.5, 0.6) is 0 Å². The van der Waals surface area contributed by atoms with Crippen molar-refractivity contribution in [3.05, 3.63) is 35.9 Å². The van der Waals surface area contributed by atoms with Gasteiger partial charge in [-0.3, -0.25) is 4.79 Å². The van der Waals surface area contributed by atoms with Crippen molar-refractivity contribution in [3.63, 3.8) is 0 Å². The molecule has 7 heteroatoms. The highest BCUT2D eigenvalue weighted by atomic mass is 16.5. The number of amides is 1. The monoisotopic (exact) mass is 319 g/mol. The minimum atomic E-state index is -0.351. The largest absolute Gasteiger partial charge is 0.469 e. The van der Waals surface area contributed by atoms with Crippen LogP contribution in [0.25, 0.3) is 0 Å². The lowest BCUT2D eigenvalue weighted by atomic mass is 10.2. The molecule has 124 valence electrons. The quantitative estimate of drug-likeness (QED) is 0.841. The molecule has 0 spiro atoms. The first-order valence-electron chi connectivity index (χ1n) is 7.88. The highest BCUT2D eigenvalue weighted by Crippen LogP contribution is 2.23. The number of ether oxygens (including phenoxy) is 1. The van der Waals surface area contributed by atoms with Crippen LogP contribution in [0.15, 0.2) is 27.2 Å². The standard InChI is InChI=1S/C16H21N3O4/c1-11(2)15-17-18-16(23-15)13-10-19(7-9-22-13)14(20)6-5-12-4-3-8-21-12/h3-4,8,11,13H,5-7,9-10H2,1-2H3. The molecule has 1 atom stereocenters. The third kappa shape index (κ3) is 3.79. The van der Waals surface area contributed by atoms with Gasteiger partial charge in [-0.2, -0.15) is 0 Å². The maximum atomic E-state index is 12.3. The molecule has 7 nitrogen and oxygen atoms in total. The number of hydrogen-bond acceptors (Lipinski definition) is 6. The average molecular weight is 319 g/mol. The molecule has 3 rings (SSSR count). The van der Waals surface area contributed by atoms with Crippen LogP contribution < -0.4 is 0 Å². The topological polar surface area (TPSA) is 81.6 Å². The molecule has 1 unspecified atom stereocenters. The number of aromatic nitrogens is 2. The van der Waals surface area contributed by atoms with Crippen LogP contribution in [0.3, 0.4) is 0 Å². The van der Waals surface area contributed by atoms with Gasteiger partial charge >= 0.3 is 0 Å². The van der Waals surface area contributed by atoms with Gasteiger partial charge in [0.2, 0.25) is 17.7 Å². The second kappa shape index (κ2) is 6.95. The molecule has 0 bridgehead atoms. The molecule has 1 fully saturated rings. The maximum Gasteiger partial charge on any atom is 0.247 e. The second-order valence-electron chi connectivity index (χ2n) is 5.91. The summed E-state index contributed by atoms with van der Waals surface area (Å²) in [6.07, 6.45) is 2.29. The number of hydrogen-bond donors (Lipinski definition) is 0. The molecular formula is C16H21N3O4. The molecule has 2 aromatic rings. The Morgan fingerprint density at radius 3 is 3.00 bits per heavy atom. The van der Waals surface area contributed by atoms with Gasteiger partial charge in [-0.05, 0) is 12.1 Å². The van der Waals surface area contributed by atoms with Gasteiger partial charge < -0.3 is 18.5 Å². The Morgan fingerprint density at radius 1 is 1.43 bits per heavy atom. The van der Waals surface area contributed by atoms with E-state index in [9.17, 15) is 4.79 Å². The van der Waals surface area contributed by atoms with Gasteiger partial charge in [-0.1, -0.05) is 13.8 Å². The number of aryl methyl sites for hydroxylation is 1. The van der Waals surface area contributed by atoms with Crippen LogP contribution in [0.2, 0.25) is 0 Å². The molecule has 0 saturated carbocycles. The van der Waals surface area contributed by atoms with E-state index in [1.807, 2.05) is 26.0 Å². The number of carbonyl (C=O) groups excluding carboxylic acids is 1. The predicted octanol–water partition coefficient (Wildman–Crippen LogP) is 2.32. The van der Waals surface area contributed by atoms with Crippen LogP contribution in [0.1, 0.15) is 49.8 Å². The minimum Gasteiger partial charge on any atom is -0.469 e. The normalized spacial score (nSPS) is 18.6. The molecule has 2 aromatic heterocycles. The summed E-state index contributed by atoms with van der Waals surface area (Å²) in [5, 5.41) is 8.07. The molecule has 1 aliphatic heterocycles. The summed E-state index contributed by atoms with van der Waals surface area (Å²) in [5.74, 6) is 2.10. The van der Waals surface area contributed by atoms with E-state index < -0.39 is 0 Å². The van der Waals surface area contributed by atoms with Crippen molar-refractivity contribution in [1.82, 2.24) is 15.1 Å². The molecule has 1 amide bonds. The molecule has 0 aliphatic carbocycles. The summed E-state index contributed by atoms with van der Waals surface area (Å²) in [7, 11) is 0. The van der Waals surface area contributed by atoms with Gasteiger partial charge in [-0.25, -0.2) is 0 Å². The van der Waals surface area contributed by atoms with E-state index in [1.165, 1.54) is 0 Å². The first-order chi connectivity index (χ1) is 11.1. The summed E-state index contributed by atoms with van der Waals surface area (Å²) in [6.45, 7) is 5.47. The molecule has 0 aromatic carbocycles. The molecule has 23 heavy (non-hydrogen) atoms. The van der Waals surface area contributed by atoms with Crippen molar-refractivity contribution in [1.29, 1.82) is 0 Å². The van der Waals surface area contributed by atoms with Gasteiger partial charge in [0.05, 0.1) is 19.4 Å². The fraction of sp³-hybridized carbons (Fsp3) is 0.562. The third-order valence-corrected chi connectivity index (χ3v) is 3.81. The van der Waals surface area contributed by atoms with Crippen LogP contribution in [-0.4, -0.2) is 40.7 Å². The Kier molecular flexibility index (Phi) is 4.76. The van der Waals surface area contributed by atoms with Gasteiger partial charge in [0, 0.05) is 25.3 Å². The summed E-state index contributed by atoms with van der Waals surface area (Å²) < 4.78 is 16.6. The van der Waals surface area contributed by atoms with Crippen LogP contribution in [-0.2, 0) is 16.0 Å². The Hall–Kier alpha value is -2.15. The van der Waals surface area contributed by atoms with Crippen molar-refractivity contribution in [2.45, 2.75) is 38.7 Å². The molecule has 3 heterocycles. The third-order valence-electron chi connectivity index (χ3n) is 3.81. The Balaban J connectivity index is 1.57. The minimum absolute atomic E-state index is 0.0818. The molecule has 1 aliphatic rings. The fourth-order valence-electron chi connectivity index (χ4n) is 2.48. The van der Waals surface area contributed by atoms with E-state index in [2.05, 4.69) is 10.2 Å². The maximum absolute atomic E-state index is 12.3. The van der Waals surface area contributed by atoms with Crippen molar-refractivity contribution < 1.29 is 18.4 Å². The van der Waals surface area contributed by atoms with E-state index in [-0.39, 0.29) is 17.9 Å². The van der Waals surface area contributed by atoms with Crippen molar-refractivity contribution in [2.24, 2.45) is 0 Å². The summed E-state index contributed by atoms with van der Waals surface area (Å²) in [4.78, 5) is 14.1. The number of morpholine rings is 1. The highest BCUT2D eigenvalue weighted by Gasteiger charge is 2.29.